The Bertz CT molecular complexity index is 235. The molecule has 0 amide bonds. The molecule has 1 unspecified atom stereocenters. The topological polar surface area (TPSA) is 46.5 Å². The summed E-state index contributed by atoms with van der Waals surface area (Å²) in [6.07, 6.45) is 3.95. The molecule has 0 spiro atoms. The lowest BCUT2D eigenvalue weighted by atomic mass is 9.64. The monoisotopic (exact) mass is 214 g/mol. The molecule has 0 heterocycles. The predicted octanol–water partition coefficient (Wildman–Crippen LogP) is 2.27. The first-order valence-electron chi connectivity index (χ1n) is 5.79. The summed E-state index contributed by atoms with van der Waals surface area (Å²) in [4.78, 5) is 11.4. The molecule has 0 aromatic rings. The van der Waals surface area contributed by atoms with Crippen LogP contribution in [-0.4, -0.2) is 23.3 Å². The number of rotatable bonds is 3. The molecule has 1 aliphatic carbocycles. The highest BCUT2D eigenvalue weighted by molar-refractivity contribution is 5.70. The normalized spacial score (nSPS) is 29.9. The third-order valence-corrected chi connectivity index (χ3v) is 3.64. The second kappa shape index (κ2) is 4.52. The van der Waals surface area contributed by atoms with Gasteiger partial charge in [0, 0.05) is 0 Å². The first-order chi connectivity index (χ1) is 6.91. The van der Waals surface area contributed by atoms with Crippen molar-refractivity contribution in [2.45, 2.75) is 58.5 Å². The van der Waals surface area contributed by atoms with Gasteiger partial charge in [-0.15, -0.1) is 0 Å². The van der Waals surface area contributed by atoms with Crippen LogP contribution in [0.25, 0.3) is 0 Å². The van der Waals surface area contributed by atoms with Crippen molar-refractivity contribution in [3.05, 3.63) is 0 Å². The largest absolute Gasteiger partial charge is 0.466 e. The minimum atomic E-state index is -0.877. The Morgan fingerprint density at radius 1 is 1.33 bits per heavy atom. The van der Waals surface area contributed by atoms with Gasteiger partial charge in [0.05, 0.1) is 18.6 Å². The molecule has 1 aliphatic rings. The lowest BCUT2D eigenvalue weighted by molar-refractivity contribution is -0.159. The van der Waals surface area contributed by atoms with Crippen LogP contribution >= 0.6 is 0 Å². The molecule has 3 heteroatoms. The van der Waals surface area contributed by atoms with E-state index in [1.54, 1.807) is 6.92 Å². The molecule has 0 radical (unpaired) electrons. The van der Waals surface area contributed by atoms with Crippen molar-refractivity contribution < 1.29 is 14.6 Å². The van der Waals surface area contributed by atoms with Crippen LogP contribution in [0, 0.1) is 5.41 Å². The van der Waals surface area contributed by atoms with Crippen LogP contribution in [0.3, 0.4) is 0 Å². The van der Waals surface area contributed by atoms with E-state index >= 15 is 0 Å². The fourth-order valence-electron chi connectivity index (χ4n) is 2.33. The van der Waals surface area contributed by atoms with Gasteiger partial charge in [-0.05, 0) is 25.2 Å². The minimum Gasteiger partial charge on any atom is -0.466 e. The predicted molar refractivity (Wildman–Crippen MR) is 58.4 cm³/mol. The minimum absolute atomic E-state index is 0.133. The van der Waals surface area contributed by atoms with Crippen LogP contribution < -0.4 is 0 Å². The van der Waals surface area contributed by atoms with Gasteiger partial charge >= 0.3 is 5.97 Å². The highest BCUT2D eigenvalue weighted by Crippen LogP contribution is 2.45. The van der Waals surface area contributed by atoms with Gasteiger partial charge in [0.1, 0.15) is 0 Å². The SMILES string of the molecule is CCOC(=O)CC1(O)CCCCC1(C)C. The van der Waals surface area contributed by atoms with Crippen LogP contribution in [0.4, 0.5) is 0 Å². The van der Waals surface area contributed by atoms with Crippen molar-refractivity contribution in [2.24, 2.45) is 5.41 Å². The summed E-state index contributed by atoms with van der Waals surface area (Å²) in [5.74, 6) is -0.282. The Kier molecular flexibility index (Phi) is 3.77. The molecular formula is C12H22O3. The molecule has 0 saturated heterocycles. The molecule has 1 saturated carbocycles. The highest BCUT2D eigenvalue weighted by atomic mass is 16.5. The van der Waals surface area contributed by atoms with Crippen molar-refractivity contribution in [1.29, 1.82) is 0 Å². The lowest BCUT2D eigenvalue weighted by Crippen LogP contribution is -2.48. The number of aliphatic hydroxyl groups is 1. The summed E-state index contributed by atoms with van der Waals surface area (Å²) in [5, 5.41) is 10.5. The average Bonchev–Trinajstić information content (AvgIpc) is 2.11. The maximum atomic E-state index is 11.4. The molecule has 1 rings (SSSR count). The van der Waals surface area contributed by atoms with Gasteiger partial charge in [0.2, 0.25) is 0 Å². The van der Waals surface area contributed by atoms with E-state index in [1.165, 1.54) is 0 Å². The number of carbonyl (C=O) groups is 1. The summed E-state index contributed by atoms with van der Waals surface area (Å²) in [5.41, 5.74) is -1.06. The van der Waals surface area contributed by atoms with Crippen molar-refractivity contribution >= 4 is 5.97 Å². The molecule has 88 valence electrons. The van der Waals surface area contributed by atoms with Gasteiger partial charge < -0.3 is 9.84 Å². The zero-order valence-electron chi connectivity index (χ0n) is 10.0. The number of carbonyl (C=O) groups excluding carboxylic acids is 1. The zero-order valence-corrected chi connectivity index (χ0v) is 10.0. The molecule has 1 fully saturated rings. The summed E-state index contributed by atoms with van der Waals surface area (Å²) in [6, 6.07) is 0. The van der Waals surface area contributed by atoms with E-state index in [-0.39, 0.29) is 17.8 Å². The molecule has 3 nitrogen and oxygen atoms in total. The summed E-state index contributed by atoms with van der Waals surface area (Å²) >= 11 is 0. The molecule has 1 atom stereocenters. The Morgan fingerprint density at radius 3 is 2.47 bits per heavy atom. The smallest absolute Gasteiger partial charge is 0.308 e. The first kappa shape index (κ1) is 12.5. The van der Waals surface area contributed by atoms with Crippen LogP contribution in [0.15, 0.2) is 0 Å². The number of hydrogen-bond acceptors (Lipinski definition) is 3. The van der Waals surface area contributed by atoms with E-state index in [2.05, 4.69) is 0 Å². The average molecular weight is 214 g/mol. The van der Waals surface area contributed by atoms with E-state index in [9.17, 15) is 9.90 Å². The van der Waals surface area contributed by atoms with Crippen LogP contribution in [0.1, 0.15) is 52.9 Å². The Labute approximate surface area is 91.8 Å². The molecule has 0 aliphatic heterocycles. The van der Waals surface area contributed by atoms with Crippen molar-refractivity contribution in [3.63, 3.8) is 0 Å². The standard InChI is InChI=1S/C12H22O3/c1-4-15-10(13)9-12(14)8-6-5-7-11(12,2)3/h14H,4-9H2,1-3H3. The second-order valence-electron chi connectivity index (χ2n) is 5.10. The van der Waals surface area contributed by atoms with E-state index < -0.39 is 5.60 Å². The van der Waals surface area contributed by atoms with E-state index in [4.69, 9.17) is 4.74 Å². The third-order valence-electron chi connectivity index (χ3n) is 3.64. The number of hydrogen-bond donors (Lipinski definition) is 1. The maximum Gasteiger partial charge on any atom is 0.308 e. The summed E-state index contributed by atoms with van der Waals surface area (Å²) in [6.45, 7) is 6.24. The Hall–Kier alpha value is -0.570. The highest BCUT2D eigenvalue weighted by Gasteiger charge is 2.46. The molecule has 1 N–H and O–H groups in total. The molecular weight excluding hydrogens is 192 g/mol. The van der Waals surface area contributed by atoms with E-state index in [1.807, 2.05) is 13.8 Å². The molecule has 0 aromatic carbocycles. The van der Waals surface area contributed by atoms with Gasteiger partial charge in [-0.2, -0.15) is 0 Å². The van der Waals surface area contributed by atoms with Crippen molar-refractivity contribution in [1.82, 2.24) is 0 Å². The van der Waals surface area contributed by atoms with Gasteiger partial charge in [-0.25, -0.2) is 0 Å². The fourth-order valence-corrected chi connectivity index (χ4v) is 2.33. The quantitative estimate of drug-likeness (QED) is 0.733. The van der Waals surface area contributed by atoms with Crippen LogP contribution in [0.5, 0.6) is 0 Å². The summed E-state index contributed by atoms with van der Waals surface area (Å²) < 4.78 is 4.90. The van der Waals surface area contributed by atoms with Crippen molar-refractivity contribution in [3.8, 4) is 0 Å². The van der Waals surface area contributed by atoms with Gasteiger partial charge in [0.25, 0.3) is 0 Å². The van der Waals surface area contributed by atoms with Gasteiger partial charge in [0.15, 0.2) is 0 Å². The van der Waals surface area contributed by atoms with E-state index in [0.717, 1.165) is 19.3 Å². The lowest BCUT2D eigenvalue weighted by Gasteiger charge is -2.46. The van der Waals surface area contributed by atoms with E-state index in [0.29, 0.717) is 13.0 Å². The fraction of sp³-hybridized carbons (Fsp3) is 0.917. The molecule has 0 bridgehead atoms. The molecule has 15 heavy (non-hydrogen) atoms. The molecule has 0 aromatic heterocycles. The van der Waals surface area contributed by atoms with Gasteiger partial charge in [-0.1, -0.05) is 26.7 Å². The Balaban J connectivity index is 2.66. The number of ether oxygens (including phenoxy) is 1. The maximum absolute atomic E-state index is 11.4. The van der Waals surface area contributed by atoms with Crippen LogP contribution in [-0.2, 0) is 9.53 Å². The third kappa shape index (κ3) is 2.71. The van der Waals surface area contributed by atoms with Crippen LogP contribution in [0.2, 0.25) is 0 Å². The number of esters is 1. The zero-order chi connectivity index (χ0) is 11.5. The summed E-state index contributed by atoms with van der Waals surface area (Å²) in [7, 11) is 0. The van der Waals surface area contributed by atoms with Gasteiger partial charge in [-0.3, -0.25) is 4.79 Å². The first-order valence-corrected chi connectivity index (χ1v) is 5.79. The van der Waals surface area contributed by atoms with Crippen molar-refractivity contribution in [2.75, 3.05) is 6.61 Å². The second-order valence-corrected chi connectivity index (χ2v) is 5.10. The Morgan fingerprint density at radius 2 is 1.93 bits per heavy atom.